The van der Waals surface area contributed by atoms with Crippen LogP contribution < -0.4 is 0 Å². The maximum Gasteiger partial charge on any atom is 0.306 e. The number of carbonyl (C=O) groups is 3. The van der Waals surface area contributed by atoms with Gasteiger partial charge in [0.15, 0.2) is 6.10 Å². The summed E-state index contributed by atoms with van der Waals surface area (Å²) in [5.74, 6) is -0.909. The number of hydrogen-bond donors (Lipinski definition) is 0. The van der Waals surface area contributed by atoms with Crippen molar-refractivity contribution in [2.45, 2.75) is 374 Å². The molecule has 0 heterocycles. The fourth-order valence-electron chi connectivity index (χ4n) is 10.4. The number of hydrogen-bond acceptors (Lipinski definition) is 6. The lowest BCUT2D eigenvalue weighted by molar-refractivity contribution is -0.167. The van der Waals surface area contributed by atoms with Gasteiger partial charge in [-0.05, 0) is 89.9 Å². The van der Waals surface area contributed by atoms with E-state index in [0.29, 0.717) is 19.3 Å². The Kier molecular flexibility index (Phi) is 66.6. The third-order valence-corrected chi connectivity index (χ3v) is 15.7. The molecule has 1 unspecified atom stereocenters. The fourth-order valence-corrected chi connectivity index (χ4v) is 10.4. The Morgan fingerprint density at radius 3 is 0.778 bits per heavy atom. The molecule has 0 rings (SSSR count). The van der Waals surface area contributed by atoms with Gasteiger partial charge in [0.2, 0.25) is 0 Å². The molecule has 0 aliphatic rings. The highest BCUT2D eigenvalue weighted by molar-refractivity contribution is 5.71. The van der Waals surface area contributed by atoms with Crippen molar-refractivity contribution >= 4 is 17.9 Å². The molecule has 0 saturated carbocycles. The molecule has 0 saturated heterocycles. The summed E-state index contributed by atoms with van der Waals surface area (Å²) < 4.78 is 17.0. The van der Waals surface area contributed by atoms with E-state index in [0.717, 1.165) is 103 Å². The first-order chi connectivity index (χ1) is 40.0. The molecular weight excluding hydrogens is 997 g/mol. The summed E-state index contributed by atoms with van der Waals surface area (Å²) >= 11 is 0. The van der Waals surface area contributed by atoms with Crippen LogP contribution in [-0.2, 0) is 28.6 Å². The lowest BCUT2D eigenvalue weighted by Gasteiger charge is -2.18. The van der Waals surface area contributed by atoms with Crippen molar-refractivity contribution in [1.82, 2.24) is 0 Å². The Balaban J connectivity index is 4.30. The average molecular weight is 1130 g/mol. The Morgan fingerprint density at radius 1 is 0.259 bits per heavy atom. The van der Waals surface area contributed by atoms with Crippen LogP contribution in [0.5, 0.6) is 0 Å². The van der Waals surface area contributed by atoms with Gasteiger partial charge < -0.3 is 14.2 Å². The maximum absolute atomic E-state index is 12.9. The molecule has 6 nitrogen and oxygen atoms in total. The number of allylic oxidation sites excluding steroid dienone is 12. The quantitative estimate of drug-likeness (QED) is 0.0261. The molecule has 0 aromatic carbocycles. The van der Waals surface area contributed by atoms with E-state index in [1.165, 1.54) is 225 Å². The van der Waals surface area contributed by atoms with Gasteiger partial charge in [0, 0.05) is 19.3 Å². The number of unbranched alkanes of at least 4 members (excludes halogenated alkanes) is 42. The highest BCUT2D eigenvalue weighted by atomic mass is 16.6. The second-order valence-corrected chi connectivity index (χ2v) is 23.8. The van der Waals surface area contributed by atoms with Crippen molar-refractivity contribution in [2.24, 2.45) is 0 Å². The summed E-state index contributed by atoms with van der Waals surface area (Å²) in [6.45, 7) is 6.55. The number of rotatable bonds is 65. The van der Waals surface area contributed by atoms with Gasteiger partial charge in [-0.2, -0.15) is 0 Å². The topological polar surface area (TPSA) is 78.9 Å². The van der Waals surface area contributed by atoms with Gasteiger partial charge in [-0.25, -0.2) is 0 Å². The van der Waals surface area contributed by atoms with Crippen LogP contribution in [0.4, 0.5) is 0 Å². The zero-order chi connectivity index (χ0) is 58.5. The average Bonchev–Trinajstić information content (AvgIpc) is 3.47. The predicted molar refractivity (Wildman–Crippen MR) is 353 cm³/mol. The summed E-state index contributed by atoms with van der Waals surface area (Å²) in [5.41, 5.74) is 0. The van der Waals surface area contributed by atoms with E-state index in [4.69, 9.17) is 14.2 Å². The van der Waals surface area contributed by atoms with Crippen LogP contribution >= 0.6 is 0 Å². The minimum atomic E-state index is -0.797. The highest BCUT2D eigenvalue weighted by Crippen LogP contribution is 2.18. The van der Waals surface area contributed by atoms with E-state index in [1.54, 1.807) is 0 Å². The number of ether oxygens (including phenoxy) is 3. The van der Waals surface area contributed by atoms with Crippen molar-refractivity contribution in [3.63, 3.8) is 0 Å². The second kappa shape index (κ2) is 69.3. The maximum atomic E-state index is 12.9. The molecule has 0 spiro atoms. The van der Waals surface area contributed by atoms with Crippen molar-refractivity contribution < 1.29 is 28.6 Å². The van der Waals surface area contributed by atoms with Crippen LogP contribution in [-0.4, -0.2) is 37.2 Å². The Labute approximate surface area is 503 Å². The van der Waals surface area contributed by atoms with Crippen molar-refractivity contribution in [1.29, 1.82) is 0 Å². The highest BCUT2D eigenvalue weighted by Gasteiger charge is 2.19. The molecule has 0 radical (unpaired) electrons. The van der Waals surface area contributed by atoms with Crippen LogP contribution in [0, 0.1) is 0 Å². The lowest BCUT2D eigenvalue weighted by Crippen LogP contribution is -2.30. The summed E-state index contributed by atoms with van der Waals surface area (Å²) in [6.07, 6.45) is 90.8. The molecular formula is C75H134O6. The number of carbonyl (C=O) groups excluding carboxylic acids is 3. The minimum Gasteiger partial charge on any atom is -0.462 e. The van der Waals surface area contributed by atoms with Gasteiger partial charge >= 0.3 is 17.9 Å². The van der Waals surface area contributed by atoms with E-state index in [9.17, 15) is 14.4 Å². The first-order valence-corrected chi connectivity index (χ1v) is 35.4. The molecule has 0 aliphatic heterocycles. The molecule has 81 heavy (non-hydrogen) atoms. The van der Waals surface area contributed by atoms with E-state index >= 15 is 0 Å². The summed E-state index contributed by atoms with van der Waals surface area (Å²) in [5, 5.41) is 0. The molecule has 0 bridgehead atoms. The summed E-state index contributed by atoms with van der Waals surface area (Å²) in [6, 6.07) is 0. The standard InChI is InChI=1S/C75H134O6/c1-4-7-10-13-16-19-22-25-28-31-33-34-35-36-37-38-39-40-41-43-44-47-50-53-56-59-62-65-68-74(77)80-71-72(70-79-73(76)67-64-61-58-55-52-49-46-30-27-24-21-18-15-12-9-6-3)81-75(78)69-66-63-60-57-54-51-48-45-42-32-29-26-23-20-17-14-11-8-5-2/h8,11,17,20,26,29-30,42,45-46,51,54,72H,4-7,9-10,12-16,18-19,21-25,27-28,31-41,43-44,47-50,52-53,55-71H2,1-3H3/b11-8-,20-17-,29-26-,45-42-,46-30-,54-51-. The first kappa shape index (κ1) is 77.9. The van der Waals surface area contributed by atoms with Crippen molar-refractivity contribution in [3.8, 4) is 0 Å². The Morgan fingerprint density at radius 2 is 0.481 bits per heavy atom. The molecule has 0 aromatic heterocycles. The molecule has 6 heteroatoms. The molecule has 0 fully saturated rings. The fraction of sp³-hybridized carbons (Fsp3) is 0.800. The Bertz CT molecular complexity index is 1490. The second-order valence-electron chi connectivity index (χ2n) is 23.8. The minimum absolute atomic E-state index is 0.0883. The zero-order valence-electron chi connectivity index (χ0n) is 54.1. The molecule has 0 amide bonds. The first-order valence-electron chi connectivity index (χ1n) is 35.4. The van der Waals surface area contributed by atoms with Crippen LogP contribution in [0.2, 0.25) is 0 Å². The largest absolute Gasteiger partial charge is 0.462 e. The molecule has 0 N–H and O–H groups in total. The molecule has 0 aromatic rings. The lowest BCUT2D eigenvalue weighted by atomic mass is 10.0. The van der Waals surface area contributed by atoms with E-state index < -0.39 is 6.10 Å². The predicted octanol–water partition coefficient (Wildman–Crippen LogP) is 24.4. The van der Waals surface area contributed by atoms with Gasteiger partial charge in [0.1, 0.15) is 13.2 Å². The van der Waals surface area contributed by atoms with E-state index in [-0.39, 0.29) is 31.1 Å². The van der Waals surface area contributed by atoms with Gasteiger partial charge in [0.05, 0.1) is 0 Å². The number of esters is 3. The third-order valence-electron chi connectivity index (χ3n) is 15.7. The molecule has 0 aliphatic carbocycles. The molecule has 470 valence electrons. The monoisotopic (exact) mass is 1130 g/mol. The van der Waals surface area contributed by atoms with Gasteiger partial charge in [-0.1, -0.05) is 331 Å². The third kappa shape index (κ3) is 67.5. The Hall–Kier alpha value is -3.15. The van der Waals surface area contributed by atoms with Gasteiger partial charge in [-0.15, -0.1) is 0 Å². The van der Waals surface area contributed by atoms with Crippen molar-refractivity contribution in [2.75, 3.05) is 13.2 Å². The van der Waals surface area contributed by atoms with Crippen LogP contribution in [0.1, 0.15) is 367 Å². The zero-order valence-corrected chi connectivity index (χ0v) is 54.1. The van der Waals surface area contributed by atoms with Gasteiger partial charge in [-0.3, -0.25) is 14.4 Å². The van der Waals surface area contributed by atoms with Crippen molar-refractivity contribution in [3.05, 3.63) is 72.9 Å². The van der Waals surface area contributed by atoms with Crippen LogP contribution in [0.15, 0.2) is 72.9 Å². The SMILES string of the molecule is CC/C=C\C/C=C\C/C=C\C/C=C\C/C=C\CCCCCC(=O)OC(COC(=O)CCCCCCC/C=C\CCCCCCCCC)COC(=O)CCCCCCCCCCCCCCCCCCCCCCCCCCCCCC. The van der Waals surface area contributed by atoms with Crippen LogP contribution in [0.25, 0.3) is 0 Å². The molecule has 1 atom stereocenters. The van der Waals surface area contributed by atoms with Gasteiger partial charge in [0.25, 0.3) is 0 Å². The van der Waals surface area contributed by atoms with E-state index in [2.05, 4.69) is 93.7 Å². The smallest absolute Gasteiger partial charge is 0.306 e. The van der Waals surface area contributed by atoms with Crippen LogP contribution in [0.3, 0.4) is 0 Å². The normalized spacial score (nSPS) is 12.5. The summed E-state index contributed by atoms with van der Waals surface area (Å²) in [4.78, 5) is 38.4. The summed E-state index contributed by atoms with van der Waals surface area (Å²) in [7, 11) is 0. The van der Waals surface area contributed by atoms with E-state index in [1.807, 2.05) is 0 Å².